The summed E-state index contributed by atoms with van der Waals surface area (Å²) in [7, 11) is 1.74. The molecule has 0 radical (unpaired) electrons. The Balaban J connectivity index is 0.00000200. The van der Waals surface area contributed by atoms with Gasteiger partial charge in [-0.2, -0.15) is 0 Å². The normalized spacial score (nSPS) is 16.0. The predicted octanol–water partition coefficient (Wildman–Crippen LogP) is 2.83. The first-order chi connectivity index (χ1) is 9.20. The van der Waals surface area contributed by atoms with Crippen LogP contribution in [0.4, 0.5) is 4.39 Å². The van der Waals surface area contributed by atoms with Crippen molar-refractivity contribution in [3.8, 4) is 0 Å². The van der Waals surface area contributed by atoms with Crippen LogP contribution in [0.1, 0.15) is 18.4 Å². The molecule has 0 unspecified atom stereocenters. The Bertz CT molecular complexity index is 484. The third-order valence-corrected chi connectivity index (χ3v) is 3.52. The number of aliphatic imine (C=N–C) groups is 1. The number of nitrogens with zero attached hydrogens (tertiary/aromatic N) is 1. The van der Waals surface area contributed by atoms with Crippen molar-refractivity contribution in [1.82, 2.24) is 10.6 Å². The third-order valence-electron chi connectivity index (χ3n) is 3.52. The van der Waals surface area contributed by atoms with E-state index < -0.39 is 0 Å². The van der Waals surface area contributed by atoms with Gasteiger partial charge in [0.2, 0.25) is 0 Å². The molecule has 2 rings (SSSR count). The van der Waals surface area contributed by atoms with E-state index in [1.54, 1.807) is 25.3 Å². The standard InChI is InChI=1S/C15H20FN3.HI/c1-3-9-18-14(17-2)19-11-15(7-8-15)12-5-4-6-13(16)10-12;/h3-6,10H,1,7-9,11H2,2H3,(H2,17,18,19);1H. The highest BCUT2D eigenvalue weighted by Crippen LogP contribution is 2.47. The van der Waals surface area contributed by atoms with Crippen molar-refractivity contribution in [3.63, 3.8) is 0 Å². The summed E-state index contributed by atoms with van der Waals surface area (Å²) in [5, 5.41) is 6.42. The molecular weight excluding hydrogens is 368 g/mol. The molecule has 110 valence electrons. The van der Waals surface area contributed by atoms with E-state index in [1.165, 1.54) is 6.07 Å². The summed E-state index contributed by atoms with van der Waals surface area (Å²) < 4.78 is 13.3. The molecule has 0 amide bonds. The second kappa shape index (κ2) is 7.61. The monoisotopic (exact) mass is 389 g/mol. The maximum Gasteiger partial charge on any atom is 0.191 e. The van der Waals surface area contributed by atoms with Crippen LogP contribution in [0, 0.1) is 5.82 Å². The van der Waals surface area contributed by atoms with Crippen molar-refractivity contribution in [1.29, 1.82) is 0 Å². The van der Waals surface area contributed by atoms with Crippen molar-refractivity contribution in [2.24, 2.45) is 4.99 Å². The van der Waals surface area contributed by atoms with Crippen molar-refractivity contribution in [2.75, 3.05) is 20.1 Å². The molecule has 1 aromatic carbocycles. The number of guanidine groups is 1. The maximum atomic E-state index is 13.3. The summed E-state index contributed by atoms with van der Waals surface area (Å²) in [6.07, 6.45) is 3.95. The lowest BCUT2D eigenvalue weighted by molar-refractivity contribution is 0.607. The quantitative estimate of drug-likeness (QED) is 0.352. The molecule has 1 saturated carbocycles. The van der Waals surface area contributed by atoms with Crippen LogP contribution in [0.25, 0.3) is 0 Å². The van der Waals surface area contributed by atoms with Crippen LogP contribution >= 0.6 is 24.0 Å². The lowest BCUT2D eigenvalue weighted by Gasteiger charge is -2.18. The zero-order chi connectivity index (χ0) is 13.7. The van der Waals surface area contributed by atoms with E-state index in [0.29, 0.717) is 6.54 Å². The SMILES string of the molecule is C=CCNC(=NC)NCC1(c2cccc(F)c2)CC1.I. The number of benzene rings is 1. The molecular formula is C15H21FIN3. The van der Waals surface area contributed by atoms with Crippen LogP contribution < -0.4 is 10.6 Å². The lowest BCUT2D eigenvalue weighted by atomic mass is 9.96. The molecule has 1 aromatic rings. The van der Waals surface area contributed by atoms with Gasteiger partial charge in [0.1, 0.15) is 5.82 Å². The number of nitrogens with one attached hydrogen (secondary N) is 2. The minimum atomic E-state index is -0.169. The first-order valence-electron chi connectivity index (χ1n) is 6.52. The van der Waals surface area contributed by atoms with E-state index in [-0.39, 0.29) is 35.2 Å². The van der Waals surface area contributed by atoms with Gasteiger partial charge < -0.3 is 10.6 Å². The van der Waals surface area contributed by atoms with Crippen molar-refractivity contribution >= 4 is 29.9 Å². The zero-order valence-electron chi connectivity index (χ0n) is 11.7. The van der Waals surface area contributed by atoms with Gasteiger partial charge in [-0.05, 0) is 30.5 Å². The van der Waals surface area contributed by atoms with E-state index in [0.717, 1.165) is 30.9 Å². The van der Waals surface area contributed by atoms with Crippen LogP contribution in [-0.4, -0.2) is 26.1 Å². The minimum absolute atomic E-state index is 0. The van der Waals surface area contributed by atoms with Crippen LogP contribution in [0.5, 0.6) is 0 Å². The third kappa shape index (κ3) is 4.19. The fourth-order valence-electron chi connectivity index (χ4n) is 2.18. The smallest absolute Gasteiger partial charge is 0.191 e. The predicted molar refractivity (Wildman–Crippen MR) is 92.3 cm³/mol. The maximum absolute atomic E-state index is 13.3. The number of rotatable bonds is 5. The highest BCUT2D eigenvalue weighted by atomic mass is 127. The lowest BCUT2D eigenvalue weighted by Crippen LogP contribution is -2.41. The topological polar surface area (TPSA) is 36.4 Å². The Morgan fingerprint density at radius 1 is 1.45 bits per heavy atom. The Kier molecular flexibility index (Phi) is 6.45. The highest BCUT2D eigenvalue weighted by Gasteiger charge is 2.44. The van der Waals surface area contributed by atoms with Gasteiger partial charge in [-0.25, -0.2) is 4.39 Å². The minimum Gasteiger partial charge on any atom is -0.356 e. The van der Waals surface area contributed by atoms with Gasteiger partial charge in [-0.15, -0.1) is 30.6 Å². The summed E-state index contributed by atoms with van der Waals surface area (Å²) >= 11 is 0. The molecule has 5 heteroatoms. The fourth-order valence-corrected chi connectivity index (χ4v) is 2.18. The largest absolute Gasteiger partial charge is 0.356 e. The fraction of sp³-hybridized carbons (Fsp3) is 0.400. The van der Waals surface area contributed by atoms with Gasteiger partial charge in [-0.3, -0.25) is 4.99 Å². The molecule has 1 aliphatic rings. The summed E-state index contributed by atoms with van der Waals surface area (Å²) in [6.45, 7) is 5.10. The van der Waals surface area contributed by atoms with E-state index in [1.807, 2.05) is 6.07 Å². The average molecular weight is 389 g/mol. The molecule has 3 nitrogen and oxygen atoms in total. The summed E-state index contributed by atoms with van der Waals surface area (Å²) in [4.78, 5) is 4.14. The first-order valence-corrected chi connectivity index (χ1v) is 6.52. The summed E-state index contributed by atoms with van der Waals surface area (Å²) in [5.41, 5.74) is 1.13. The van der Waals surface area contributed by atoms with Crippen molar-refractivity contribution < 1.29 is 4.39 Å². The van der Waals surface area contributed by atoms with Crippen molar-refractivity contribution in [3.05, 3.63) is 48.3 Å². The van der Waals surface area contributed by atoms with Gasteiger partial charge in [0.15, 0.2) is 5.96 Å². The second-order valence-corrected chi connectivity index (χ2v) is 4.89. The van der Waals surface area contributed by atoms with E-state index >= 15 is 0 Å². The van der Waals surface area contributed by atoms with E-state index in [9.17, 15) is 4.39 Å². The average Bonchev–Trinajstić information content (AvgIpc) is 3.20. The molecule has 2 N–H and O–H groups in total. The molecule has 0 atom stereocenters. The zero-order valence-corrected chi connectivity index (χ0v) is 14.0. The number of hydrogen-bond acceptors (Lipinski definition) is 1. The Labute approximate surface area is 136 Å². The molecule has 0 aromatic heterocycles. The van der Waals surface area contributed by atoms with Gasteiger partial charge in [0, 0.05) is 25.6 Å². The van der Waals surface area contributed by atoms with Crippen molar-refractivity contribution in [2.45, 2.75) is 18.3 Å². The summed E-state index contributed by atoms with van der Waals surface area (Å²) in [6, 6.07) is 6.89. The summed E-state index contributed by atoms with van der Waals surface area (Å²) in [5.74, 6) is 0.584. The van der Waals surface area contributed by atoms with E-state index in [2.05, 4.69) is 22.2 Å². The molecule has 1 fully saturated rings. The Morgan fingerprint density at radius 2 is 2.20 bits per heavy atom. The van der Waals surface area contributed by atoms with Crippen LogP contribution in [-0.2, 0) is 5.41 Å². The number of hydrogen-bond donors (Lipinski definition) is 2. The second-order valence-electron chi connectivity index (χ2n) is 4.89. The molecule has 20 heavy (non-hydrogen) atoms. The van der Waals surface area contributed by atoms with Gasteiger partial charge in [0.05, 0.1) is 0 Å². The van der Waals surface area contributed by atoms with Crippen LogP contribution in [0.2, 0.25) is 0 Å². The van der Waals surface area contributed by atoms with Crippen LogP contribution in [0.3, 0.4) is 0 Å². The van der Waals surface area contributed by atoms with Gasteiger partial charge in [-0.1, -0.05) is 18.2 Å². The molecule has 0 spiro atoms. The molecule has 0 bridgehead atoms. The van der Waals surface area contributed by atoms with Gasteiger partial charge >= 0.3 is 0 Å². The van der Waals surface area contributed by atoms with E-state index in [4.69, 9.17) is 0 Å². The first kappa shape index (κ1) is 16.9. The van der Waals surface area contributed by atoms with Crippen LogP contribution in [0.15, 0.2) is 41.9 Å². The Morgan fingerprint density at radius 3 is 2.75 bits per heavy atom. The molecule has 0 aliphatic heterocycles. The Hall–Kier alpha value is -1.11. The number of halogens is 2. The highest BCUT2D eigenvalue weighted by molar-refractivity contribution is 14.0. The molecule has 0 heterocycles. The van der Waals surface area contributed by atoms with Gasteiger partial charge in [0.25, 0.3) is 0 Å². The molecule has 0 saturated heterocycles. The molecule has 1 aliphatic carbocycles.